The Kier molecular flexibility index (Phi) is 3.25. The summed E-state index contributed by atoms with van der Waals surface area (Å²) in [7, 11) is 0. The zero-order valence-electron chi connectivity index (χ0n) is 11.8. The van der Waals surface area contributed by atoms with Crippen LogP contribution in [0.15, 0.2) is 11.8 Å². The lowest BCUT2D eigenvalue weighted by Crippen LogP contribution is -2.69. The molecule has 0 amide bonds. The fraction of sp³-hybridized carbons (Fsp3) is 0.857. The molecule has 0 aromatic heterocycles. The summed E-state index contributed by atoms with van der Waals surface area (Å²) in [4.78, 5) is 0. The van der Waals surface area contributed by atoms with Crippen LogP contribution < -0.4 is 10.6 Å². The molecule has 1 fully saturated rings. The molecule has 98 valence electrons. The first kappa shape index (κ1) is 12.9. The molecule has 2 rings (SSSR count). The SMILES string of the molecule is CC1=COC(C)(C2NC(C)CC(C)(C)N2)CC1. The molecule has 0 saturated carbocycles. The Bertz CT molecular complexity index is 324. The minimum Gasteiger partial charge on any atom is -0.492 e. The highest BCUT2D eigenvalue weighted by Crippen LogP contribution is 2.32. The highest BCUT2D eigenvalue weighted by atomic mass is 16.5. The Morgan fingerprint density at radius 2 is 2.06 bits per heavy atom. The molecule has 2 aliphatic heterocycles. The van der Waals surface area contributed by atoms with Crippen molar-refractivity contribution in [2.24, 2.45) is 0 Å². The molecule has 0 radical (unpaired) electrons. The Labute approximate surface area is 105 Å². The zero-order valence-corrected chi connectivity index (χ0v) is 11.8. The van der Waals surface area contributed by atoms with Crippen LogP contribution in [0.3, 0.4) is 0 Å². The Balaban J connectivity index is 2.11. The van der Waals surface area contributed by atoms with E-state index >= 15 is 0 Å². The first-order valence-corrected chi connectivity index (χ1v) is 6.68. The standard InChI is InChI=1S/C14H26N2O/c1-10-6-7-14(5,17-9-10)12-15-11(2)8-13(3,4)16-12/h9,11-12,15-16H,6-8H2,1-5H3. The lowest BCUT2D eigenvalue weighted by Gasteiger charge is -2.49. The van der Waals surface area contributed by atoms with Gasteiger partial charge in [-0.25, -0.2) is 0 Å². The zero-order chi connectivity index (χ0) is 12.7. The van der Waals surface area contributed by atoms with Crippen LogP contribution >= 0.6 is 0 Å². The average molecular weight is 238 g/mol. The van der Waals surface area contributed by atoms with E-state index in [0.29, 0.717) is 6.04 Å². The molecule has 3 heteroatoms. The molecule has 3 atom stereocenters. The smallest absolute Gasteiger partial charge is 0.134 e. The van der Waals surface area contributed by atoms with Crippen molar-refractivity contribution in [2.75, 3.05) is 0 Å². The van der Waals surface area contributed by atoms with Crippen molar-refractivity contribution in [3.8, 4) is 0 Å². The van der Waals surface area contributed by atoms with Crippen LogP contribution in [0, 0.1) is 0 Å². The average Bonchev–Trinajstić information content (AvgIpc) is 2.20. The van der Waals surface area contributed by atoms with E-state index in [2.05, 4.69) is 45.3 Å². The van der Waals surface area contributed by atoms with Crippen molar-refractivity contribution in [2.45, 2.75) is 77.2 Å². The first-order chi connectivity index (χ1) is 7.81. The fourth-order valence-electron chi connectivity index (χ4n) is 2.94. The largest absolute Gasteiger partial charge is 0.492 e. The molecule has 0 bridgehead atoms. The molecule has 0 aliphatic carbocycles. The van der Waals surface area contributed by atoms with E-state index in [-0.39, 0.29) is 17.3 Å². The molecule has 2 aliphatic rings. The van der Waals surface area contributed by atoms with E-state index in [1.165, 1.54) is 5.57 Å². The van der Waals surface area contributed by atoms with E-state index in [1.807, 2.05) is 6.26 Å². The summed E-state index contributed by atoms with van der Waals surface area (Å²) in [6.07, 6.45) is 5.51. The Morgan fingerprint density at radius 1 is 1.35 bits per heavy atom. The van der Waals surface area contributed by atoms with Crippen LogP contribution in [0.5, 0.6) is 0 Å². The van der Waals surface area contributed by atoms with E-state index in [9.17, 15) is 0 Å². The van der Waals surface area contributed by atoms with Crippen molar-refractivity contribution >= 4 is 0 Å². The third kappa shape index (κ3) is 2.83. The summed E-state index contributed by atoms with van der Waals surface area (Å²) < 4.78 is 5.97. The van der Waals surface area contributed by atoms with Gasteiger partial charge < -0.3 is 4.74 Å². The first-order valence-electron chi connectivity index (χ1n) is 6.68. The third-order valence-corrected chi connectivity index (χ3v) is 3.96. The van der Waals surface area contributed by atoms with Gasteiger partial charge in [0.05, 0.1) is 12.4 Å². The van der Waals surface area contributed by atoms with Gasteiger partial charge in [-0.3, -0.25) is 10.6 Å². The van der Waals surface area contributed by atoms with Gasteiger partial charge in [0.1, 0.15) is 5.60 Å². The number of ether oxygens (including phenoxy) is 1. The second kappa shape index (κ2) is 4.29. The maximum atomic E-state index is 5.97. The molecular weight excluding hydrogens is 212 g/mol. The van der Waals surface area contributed by atoms with Crippen LogP contribution in [-0.4, -0.2) is 23.3 Å². The van der Waals surface area contributed by atoms with Gasteiger partial charge in [-0.15, -0.1) is 0 Å². The lowest BCUT2D eigenvalue weighted by molar-refractivity contribution is -0.0491. The number of allylic oxidation sites excluding steroid dienone is 1. The van der Waals surface area contributed by atoms with Crippen molar-refractivity contribution in [3.05, 3.63) is 11.8 Å². The molecule has 0 aromatic carbocycles. The summed E-state index contributed by atoms with van der Waals surface area (Å²) in [5, 5.41) is 7.31. The van der Waals surface area contributed by atoms with E-state index in [0.717, 1.165) is 19.3 Å². The second-order valence-corrected chi connectivity index (χ2v) is 6.63. The molecule has 0 spiro atoms. The topological polar surface area (TPSA) is 33.3 Å². The van der Waals surface area contributed by atoms with Gasteiger partial charge in [-0.05, 0) is 59.5 Å². The lowest BCUT2D eigenvalue weighted by atomic mass is 9.85. The van der Waals surface area contributed by atoms with E-state index in [1.54, 1.807) is 0 Å². The van der Waals surface area contributed by atoms with Crippen molar-refractivity contribution < 1.29 is 4.74 Å². The normalized spacial score (nSPS) is 41.6. The summed E-state index contributed by atoms with van der Waals surface area (Å²) in [5.41, 5.74) is 1.38. The molecule has 0 aromatic rings. The highest BCUT2D eigenvalue weighted by Gasteiger charge is 2.43. The number of hydrogen-bond acceptors (Lipinski definition) is 3. The maximum absolute atomic E-state index is 5.97. The minimum absolute atomic E-state index is 0.133. The quantitative estimate of drug-likeness (QED) is 0.736. The van der Waals surface area contributed by atoms with Gasteiger partial charge in [0.25, 0.3) is 0 Å². The molecule has 17 heavy (non-hydrogen) atoms. The highest BCUT2D eigenvalue weighted by molar-refractivity contribution is 5.07. The molecule has 1 saturated heterocycles. The van der Waals surface area contributed by atoms with Crippen LogP contribution in [0.4, 0.5) is 0 Å². The molecule has 3 unspecified atom stereocenters. The van der Waals surface area contributed by atoms with Gasteiger partial charge in [0, 0.05) is 11.6 Å². The molecule has 2 heterocycles. The maximum Gasteiger partial charge on any atom is 0.134 e. The van der Waals surface area contributed by atoms with Crippen LogP contribution in [0.25, 0.3) is 0 Å². The Hall–Kier alpha value is -0.540. The van der Waals surface area contributed by atoms with E-state index in [4.69, 9.17) is 4.74 Å². The van der Waals surface area contributed by atoms with Crippen LogP contribution in [0.1, 0.15) is 53.9 Å². The van der Waals surface area contributed by atoms with Gasteiger partial charge >= 0.3 is 0 Å². The number of hydrogen-bond donors (Lipinski definition) is 2. The number of rotatable bonds is 1. The van der Waals surface area contributed by atoms with E-state index < -0.39 is 0 Å². The summed E-state index contributed by atoms with van der Waals surface area (Å²) in [6.45, 7) is 11.1. The van der Waals surface area contributed by atoms with Crippen molar-refractivity contribution in [1.82, 2.24) is 10.6 Å². The van der Waals surface area contributed by atoms with Crippen molar-refractivity contribution in [1.29, 1.82) is 0 Å². The van der Waals surface area contributed by atoms with Gasteiger partial charge in [0.2, 0.25) is 0 Å². The van der Waals surface area contributed by atoms with Gasteiger partial charge in [-0.2, -0.15) is 0 Å². The minimum atomic E-state index is -0.133. The molecule has 2 N–H and O–H groups in total. The van der Waals surface area contributed by atoms with Gasteiger partial charge in [-0.1, -0.05) is 0 Å². The monoisotopic (exact) mass is 238 g/mol. The fourth-order valence-corrected chi connectivity index (χ4v) is 2.94. The number of nitrogens with one attached hydrogen (secondary N) is 2. The second-order valence-electron chi connectivity index (χ2n) is 6.63. The summed E-state index contributed by atoms with van der Waals surface area (Å²) in [5.74, 6) is 0. The molecular formula is C14H26N2O. The third-order valence-electron chi connectivity index (χ3n) is 3.96. The predicted molar refractivity (Wildman–Crippen MR) is 70.7 cm³/mol. The Morgan fingerprint density at radius 3 is 2.59 bits per heavy atom. The van der Waals surface area contributed by atoms with Crippen LogP contribution in [0.2, 0.25) is 0 Å². The van der Waals surface area contributed by atoms with Gasteiger partial charge in [0.15, 0.2) is 0 Å². The van der Waals surface area contributed by atoms with Crippen LogP contribution in [-0.2, 0) is 4.74 Å². The predicted octanol–water partition coefficient (Wildman–Crippen LogP) is 2.54. The molecule has 3 nitrogen and oxygen atoms in total. The van der Waals surface area contributed by atoms with Crippen molar-refractivity contribution in [3.63, 3.8) is 0 Å². The summed E-state index contributed by atoms with van der Waals surface area (Å²) in [6, 6.07) is 0.531. The summed E-state index contributed by atoms with van der Waals surface area (Å²) >= 11 is 0.